The molecule has 0 aliphatic heterocycles. The predicted molar refractivity (Wildman–Crippen MR) is 63.8 cm³/mol. The molecule has 17 heavy (non-hydrogen) atoms. The number of fused-ring (bicyclic) bond motifs is 1. The van der Waals surface area contributed by atoms with Gasteiger partial charge >= 0.3 is 0 Å². The summed E-state index contributed by atoms with van der Waals surface area (Å²) in [4.78, 5) is 23.7. The maximum atomic E-state index is 12.1. The molecule has 0 N–H and O–H groups in total. The van der Waals surface area contributed by atoms with Crippen molar-refractivity contribution in [1.29, 1.82) is 0 Å². The molecule has 0 fully saturated rings. The molecule has 1 aromatic heterocycles. The molecule has 0 saturated heterocycles. The minimum absolute atomic E-state index is 0.0309. The zero-order valence-electron chi connectivity index (χ0n) is 9.75. The first-order valence-corrected chi connectivity index (χ1v) is 5.52. The van der Waals surface area contributed by atoms with E-state index in [2.05, 4.69) is 10.3 Å². The lowest BCUT2D eigenvalue weighted by Gasteiger charge is -2.10. The molecule has 5 heteroatoms. The zero-order chi connectivity index (χ0) is 12.4. The highest BCUT2D eigenvalue weighted by Crippen LogP contribution is 2.08. The van der Waals surface area contributed by atoms with Crippen LogP contribution in [0.15, 0.2) is 29.1 Å². The Morgan fingerprint density at radius 3 is 2.82 bits per heavy atom. The van der Waals surface area contributed by atoms with Crippen LogP contribution < -0.4 is 5.56 Å². The van der Waals surface area contributed by atoms with Crippen molar-refractivity contribution in [1.82, 2.24) is 15.0 Å². The smallest absolute Gasteiger partial charge is 0.278 e. The Morgan fingerprint density at radius 2 is 2.12 bits per heavy atom. The Bertz CT molecular complexity index is 618. The second-order valence-electron chi connectivity index (χ2n) is 3.85. The number of Topliss-reactive ketones (excluding diaryl/α,β-unsaturated/α-hetero) is 1. The van der Waals surface area contributed by atoms with Crippen LogP contribution in [0.2, 0.25) is 0 Å². The molecule has 2 rings (SSSR count). The van der Waals surface area contributed by atoms with E-state index >= 15 is 0 Å². The van der Waals surface area contributed by atoms with E-state index in [0.29, 0.717) is 17.3 Å². The van der Waals surface area contributed by atoms with Crippen molar-refractivity contribution in [2.24, 2.45) is 0 Å². The van der Waals surface area contributed by atoms with Crippen LogP contribution in [0, 0.1) is 0 Å². The van der Waals surface area contributed by atoms with Crippen LogP contribution >= 0.6 is 0 Å². The van der Waals surface area contributed by atoms with Gasteiger partial charge in [0.05, 0.1) is 5.39 Å². The monoisotopic (exact) mass is 231 g/mol. The van der Waals surface area contributed by atoms with Crippen LogP contribution in [0.5, 0.6) is 0 Å². The molecule has 0 aliphatic carbocycles. The minimum atomic E-state index is -0.565. The molecule has 0 bridgehead atoms. The topological polar surface area (TPSA) is 64.8 Å². The standard InChI is InChI=1S/C12H13N3O2/c1-3-11(16)8(2)15-12(17)9-6-4-5-7-10(9)13-14-15/h4-8H,3H2,1-2H3. The molecule has 5 nitrogen and oxygen atoms in total. The molecule has 0 aliphatic rings. The maximum Gasteiger partial charge on any atom is 0.278 e. The molecule has 0 amide bonds. The number of aromatic nitrogens is 3. The quantitative estimate of drug-likeness (QED) is 0.799. The SMILES string of the molecule is CCC(=O)C(C)n1nnc2ccccc2c1=O. The fraction of sp³-hybridized carbons (Fsp3) is 0.333. The normalized spacial score (nSPS) is 12.6. The van der Waals surface area contributed by atoms with Crippen LogP contribution in [0.1, 0.15) is 26.3 Å². The Hall–Kier alpha value is -2.04. The average Bonchev–Trinajstić information content (AvgIpc) is 2.38. The molecule has 2 aromatic rings. The number of hydrogen-bond donors (Lipinski definition) is 0. The van der Waals surface area contributed by atoms with Crippen LogP contribution in [-0.2, 0) is 4.79 Å². The highest BCUT2D eigenvalue weighted by atomic mass is 16.1. The fourth-order valence-electron chi connectivity index (χ4n) is 1.69. The third kappa shape index (κ3) is 1.95. The first-order chi connectivity index (χ1) is 8.15. The molecule has 1 aromatic carbocycles. The van der Waals surface area contributed by atoms with Crippen LogP contribution in [-0.4, -0.2) is 20.8 Å². The van der Waals surface area contributed by atoms with Gasteiger partial charge in [-0.15, -0.1) is 5.10 Å². The Kier molecular flexibility index (Phi) is 2.99. The Labute approximate surface area is 98.1 Å². The van der Waals surface area contributed by atoms with Crippen molar-refractivity contribution in [3.05, 3.63) is 34.6 Å². The molecule has 0 saturated carbocycles. The van der Waals surface area contributed by atoms with Crippen molar-refractivity contribution >= 4 is 16.7 Å². The molecule has 88 valence electrons. The van der Waals surface area contributed by atoms with Crippen LogP contribution in [0.4, 0.5) is 0 Å². The molecule has 1 atom stereocenters. The van der Waals surface area contributed by atoms with E-state index in [1.54, 1.807) is 38.1 Å². The van der Waals surface area contributed by atoms with Gasteiger partial charge in [-0.05, 0) is 19.1 Å². The molecular formula is C12H13N3O2. The van der Waals surface area contributed by atoms with E-state index < -0.39 is 6.04 Å². The number of hydrogen-bond acceptors (Lipinski definition) is 4. The summed E-state index contributed by atoms with van der Waals surface area (Å²) < 4.78 is 1.15. The fourth-order valence-corrected chi connectivity index (χ4v) is 1.69. The van der Waals surface area contributed by atoms with E-state index in [0.717, 1.165) is 4.68 Å². The Morgan fingerprint density at radius 1 is 1.41 bits per heavy atom. The van der Waals surface area contributed by atoms with Crippen molar-refractivity contribution in [3.8, 4) is 0 Å². The van der Waals surface area contributed by atoms with Crippen molar-refractivity contribution in [2.45, 2.75) is 26.3 Å². The number of carbonyl (C=O) groups is 1. The molecular weight excluding hydrogens is 218 g/mol. The summed E-state index contributed by atoms with van der Waals surface area (Å²) in [6, 6.07) is 6.40. The van der Waals surface area contributed by atoms with Gasteiger partial charge in [0.2, 0.25) is 0 Å². The van der Waals surface area contributed by atoms with Crippen LogP contribution in [0.25, 0.3) is 10.9 Å². The third-order valence-corrected chi connectivity index (χ3v) is 2.77. The van der Waals surface area contributed by atoms with Gasteiger partial charge in [0.25, 0.3) is 5.56 Å². The minimum Gasteiger partial charge on any atom is -0.297 e. The van der Waals surface area contributed by atoms with Gasteiger partial charge in [0, 0.05) is 6.42 Å². The number of nitrogens with zero attached hydrogens (tertiary/aromatic N) is 3. The van der Waals surface area contributed by atoms with E-state index in [-0.39, 0.29) is 11.3 Å². The van der Waals surface area contributed by atoms with Crippen molar-refractivity contribution < 1.29 is 4.79 Å². The lowest BCUT2D eigenvalue weighted by Crippen LogP contribution is -2.31. The second kappa shape index (κ2) is 4.45. The molecule has 1 unspecified atom stereocenters. The largest absolute Gasteiger partial charge is 0.297 e. The average molecular weight is 231 g/mol. The predicted octanol–water partition coefficient (Wildman–Crippen LogP) is 1.33. The lowest BCUT2D eigenvalue weighted by atomic mass is 10.1. The number of rotatable bonds is 3. The van der Waals surface area contributed by atoms with E-state index in [9.17, 15) is 9.59 Å². The second-order valence-corrected chi connectivity index (χ2v) is 3.85. The Balaban J connectivity index is 2.61. The van der Waals surface area contributed by atoms with Crippen LogP contribution in [0.3, 0.4) is 0 Å². The van der Waals surface area contributed by atoms with E-state index in [1.165, 1.54) is 0 Å². The maximum absolute atomic E-state index is 12.1. The van der Waals surface area contributed by atoms with E-state index in [4.69, 9.17) is 0 Å². The first kappa shape index (κ1) is 11.4. The molecule has 0 radical (unpaired) electrons. The lowest BCUT2D eigenvalue weighted by molar-refractivity contribution is -0.121. The van der Waals surface area contributed by atoms with Gasteiger partial charge in [0.15, 0.2) is 5.78 Å². The van der Waals surface area contributed by atoms with E-state index in [1.807, 2.05) is 0 Å². The highest BCUT2D eigenvalue weighted by Gasteiger charge is 2.16. The number of ketones is 1. The summed E-state index contributed by atoms with van der Waals surface area (Å²) in [7, 11) is 0. The number of carbonyl (C=O) groups excluding carboxylic acids is 1. The number of benzene rings is 1. The van der Waals surface area contributed by atoms with Gasteiger partial charge in [-0.25, -0.2) is 4.68 Å². The van der Waals surface area contributed by atoms with Gasteiger partial charge in [-0.3, -0.25) is 9.59 Å². The third-order valence-electron chi connectivity index (χ3n) is 2.77. The first-order valence-electron chi connectivity index (χ1n) is 5.52. The van der Waals surface area contributed by atoms with Crippen molar-refractivity contribution in [3.63, 3.8) is 0 Å². The van der Waals surface area contributed by atoms with Gasteiger partial charge in [0.1, 0.15) is 11.6 Å². The zero-order valence-corrected chi connectivity index (χ0v) is 9.75. The summed E-state index contributed by atoms with van der Waals surface area (Å²) >= 11 is 0. The van der Waals surface area contributed by atoms with Gasteiger partial charge in [-0.2, -0.15) is 0 Å². The summed E-state index contributed by atoms with van der Waals surface area (Å²) in [5.41, 5.74) is 0.273. The van der Waals surface area contributed by atoms with Crippen molar-refractivity contribution in [2.75, 3.05) is 0 Å². The summed E-state index contributed by atoms with van der Waals surface area (Å²) in [6.45, 7) is 3.43. The summed E-state index contributed by atoms with van der Waals surface area (Å²) in [5, 5.41) is 8.23. The highest BCUT2D eigenvalue weighted by molar-refractivity contribution is 5.82. The van der Waals surface area contributed by atoms with Gasteiger partial charge in [-0.1, -0.05) is 24.3 Å². The van der Waals surface area contributed by atoms with Gasteiger partial charge < -0.3 is 0 Å². The summed E-state index contributed by atoms with van der Waals surface area (Å²) in [5.74, 6) is -0.0309. The molecule has 0 spiro atoms. The molecule has 1 heterocycles. The summed E-state index contributed by atoms with van der Waals surface area (Å²) in [6.07, 6.45) is 0.377.